The number of hydrogen-bond donors (Lipinski definition) is 2. The third-order valence-corrected chi connectivity index (χ3v) is 3.20. The van der Waals surface area contributed by atoms with Crippen LogP contribution in [0.3, 0.4) is 0 Å². The van der Waals surface area contributed by atoms with E-state index in [4.69, 9.17) is 9.84 Å². The molecule has 5 nitrogen and oxygen atoms in total. The third-order valence-electron chi connectivity index (χ3n) is 2.48. The van der Waals surface area contributed by atoms with Gasteiger partial charge in [-0.05, 0) is 37.3 Å². The molecule has 0 bridgehead atoms. The summed E-state index contributed by atoms with van der Waals surface area (Å²) in [5.41, 5.74) is 0.132. The molecule has 2 N–H and O–H groups in total. The first-order chi connectivity index (χ1) is 9.52. The first kappa shape index (κ1) is 16.1. The summed E-state index contributed by atoms with van der Waals surface area (Å²) >= 11 is 1.56. The Kier molecular flexibility index (Phi) is 6.66. The standard InChI is InChI=1S/C14H17NO4S/c1-10(13(16)17)5-4-8-15-14(18)19-11-6-3-7-12(9-11)20-2/h3,6-7,9H,1,4-5,8H2,2H3,(H,15,18)(H,16,17). The third kappa shape index (κ3) is 5.79. The van der Waals surface area contributed by atoms with Gasteiger partial charge in [-0.1, -0.05) is 12.6 Å². The minimum Gasteiger partial charge on any atom is -0.478 e. The number of carboxylic acids is 1. The van der Waals surface area contributed by atoms with Crippen molar-refractivity contribution in [3.05, 3.63) is 36.4 Å². The van der Waals surface area contributed by atoms with Crippen LogP contribution in [0.5, 0.6) is 5.75 Å². The van der Waals surface area contributed by atoms with Gasteiger partial charge >= 0.3 is 12.1 Å². The highest BCUT2D eigenvalue weighted by molar-refractivity contribution is 7.98. The summed E-state index contributed by atoms with van der Waals surface area (Å²) in [6.07, 6.45) is 2.22. The molecule has 1 aromatic rings. The Morgan fingerprint density at radius 3 is 2.85 bits per heavy atom. The Balaban J connectivity index is 2.29. The van der Waals surface area contributed by atoms with E-state index < -0.39 is 12.1 Å². The van der Waals surface area contributed by atoms with Crippen LogP contribution >= 0.6 is 11.8 Å². The zero-order valence-electron chi connectivity index (χ0n) is 11.2. The van der Waals surface area contributed by atoms with Crippen molar-refractivity contribution in [2.24, 2.45) is 0 Å². The highest BCUT2D eigenvalue weighted by atomic mass is 32.2. The lowest BCUT2D eigenvalue weighted by Crippen LogP contribution is -2.27. The fraction of sp³-hybridized carbons (Fsp3) is 0.286. The van der Waals surface area contributed by atoms with Gasteiger partial charge in [0.1, 0.15) is 5.75 Å². The number of carboxylic acid groups (broad SMARTS) is 1. The van der Waals surface area contributed by atoms with Gasteiger partial charge in [0.05, 0.1) is 0 Å². The second-order valence-corrected chi connectivity index (χ2v) is 4.89. The van der Waals surface area contributed by atoms with Gasteiger partial charge in [0.25, 0.3) is 0 Å². The molecule has 108 valence electrons. The normalized spacial score (nSPS) is 9.85. The van der Waals surface area contributed by atoms with Gasteiger partial charge in [-0.15, -0.1) is 11.8 Å². The van der Waals surface area contributed by atoms with Crippen molar-refractivity contribution in [1.29, 1.82) is 0 Å². The monoisotopic (exact) mass is 295 g/mol. The summed E-state index contributed by atoms with van der Waals surface area (Å²) in [6.45, 7) is 3.75. The van der Waals surface area contributed by atoms with E-state index in [1.54, 1.807) is 23.9 Å². The molecule has 0 saturated carbocycles. The lowest BCUT2D eigenvalue weighted by Gasteiger charge is -2.07. The number of nitrogens with one attached hydrogen (secondary N) is 1. The van der Waals surface area contributed by atoms with Crippen molar-refractivity contribution in [3.63, 3.8) is 0 Å². The van der Waals surface area contributed by atoms with E-state index in [-0.39, 0.29) is 5.57 Å². The van der Waals surface area contributed by atoms with Gasteiger partial charge in [-0.2, -0.15) is 0 Å². The van der Waals surface area contributed by atoms with E-state index in [9.17, 15) is 9.59 Å². The Bertz CT molecular complexity index is 502. The predicted molar refractivity (Wildman–Crippen MR) is 78.3 cm³/mol. The molecule has 0 aliphatic heterocycles. The molecule has 0 saturated heterocycles. The summed E-state index contributed by atoms with van der Waals surface area (Å²) in [5, 5.41) is 11.2. The smallest absolute Gasteiger partial charge is 0.412 e. The Morgan fingerprint density at radius 1 is 1.45 bits per heavy atom. The number of carbonyl (C=O) groups is 2. The number of amides is 1. The minimum atomic E-state index is -1.01. The van der Waals surface area contributed by atoms with E-state index >= 15 is 0 Å². The molecule has 0 heterocycles. The fourth-order valence-electron chi connectivity index (χ4n) is 1.41. The minimum absolute atomic E-state index is 0.132. The van der Waals surface area contributed by atoms with Crippen LogP contribution in [0.15, 0.2) is 41.3 Å². The average molecular weight is 295 g/mol. The maximum atomic E-state index is 11.5. The molecule has 6 heteroatoms. The van der Waals surface area contributed by atoms with E-state index in [0.29, 0.717) is 25.1 Å². The molecule has 0 aromatic heterocycles. The number of benzene rings is 1. The van der Waals surface area contributed by atoms with Crippen LogP contribution in [0.2, 0.25) is 0 Å². The average Bonchev–Trinajstić information content (AvgIpc) is 2.43. The van der Waals surface area contributed by atoms with E-state index in [0.717, 1.165) is 4.90 Å². The number of ether oxygens (including phenoxy) is 1. The van der Waals surface area contributed by atoms with Crippen molar-refractivity contribution in [2.75, 3.05) is 12.8 Å². The lowest BCUT2D eigenvalue weighted by atomic mass is 10.2. The molecular formula is C14H17NO4S. The van der Waals surface area contributed by atoms with Gasteiger partial charge in [0.2, 0.25) is 0 Å². The maximum Gasteiger partial charge on any atom is 0.412 e. The zero-order chi connectivity index (χ0) is 15.0. The van der Waals surface area contributed by atoms with Crippen molar-refractivity contribution in [1.82, 2.24) is 5.32 Å². The van der Waals surface area contributed by atoms with Gasteiger partial charge in [-0.3, -0.25) is 0 Å². The Hall–Kier alpha value is -1.95. The molecule has 1 amide bonds. The van der Waals surface area contributed by atoms with E-state index in [1.807, 2.05) is 18.4 Å². The molecule has 0 spiro atoms. The van der Waals surface area contributed by atoms with E-state index in [2.05, 4.69) is 11.9 Å². The van der Waals surface area contributed by atoms with Crippen molar-refractivity contribution < 1.29 is 19.4 Å². The molecule has 20 heavy (non-hydrogen) atoms. The second-order valence-electron chi connectivity index (χ2n) is 4.01. The van der Waals surface area contributed by atoms with E-state index in [1.165, 1.54) is 0 Å². The number of rotatable bonds is 7. The van der Waals surface area contributed by atoms with Gasteiger partial charge in [-0.25, -0.2) is 9.59 Å². The second kappa shape index (κ2) is 8.27. The van der Waals surface area contributed by atoms with Crippen LogP contribution in [0.4, 0.5) is 4.79 Å². The summed E-state index contributed by atoms with van der Waals surface area (Å²) in [6, 6.07) is 7.21. The van der Waals surface area contributed by atoms with Crippen molar-refractivity contribution in [2.45, 2.75) is 17.7 Å². The Morgan fingerprint density at radius 2 is 2.20 bits per heavy atom. The molecule has 0 atom stereocenters. The van der Waals surface area contributed by atoms with Crippen LogP contribution in [0, 0.1) is 0 Å². The fourth-order valence-corrected chi connectivity index (χ4v) is 1.86. The molecule has 0 unspecified atom stereocenters. The number of thioether (sulfide) groups is 1. The molecule has 1 aromatic carbocycles. The van der Waals surface area contributed by atoms with Crippen LogP contribution in [0.1, 0.15) is 12.8 Å². The zero-order valence-corrected chi connectivity index (χ0v) is 12.0. The number of aliphatic carboxylic acids is 1. The van der Waals surface area contributed by atoms with Crippen LogP contribution < -0.4 is 10.1 Å². The summed E-state index contributed by atoms with van der Waals surface area (Å²) in [4.78, 5) is 23.0. The molecular weight excluding hydrogens is 278 g/mol. The first-order valence-electron chi connectivity index (χ1n) is 6.03. The molecule has 1 rings (SSSR count). The van der Waals surface area contributed by atoms with Gasteiger partial charge in [0, 0.05) is 17.0 Å². The molecule has 0 fully saturated rings. The summed E-state index contributed by atoms with van der Waals surface area (Å²) in [7, 11) is 0. The Labute approximate surface area is 122 Å². The van der Waals surface area contributed by atoms with Crippen molar-refractivity contribution in [3.8, 4) is 5.75 Å². The highest BCUT2D eigenvalue weighted by Crippen LogP contribution is 2.20. The SMILES string of the molecule is C=C(CCCNC(=O)Oc1cccc(SC)c1)C(=O)O. The highest BCUT2D eigenvalue weighted by Gasteiger charge is 2.06. The predicted octanol–water partition coefficient (Wildman–Crippen LogP) is 2.92. The lowest BCUT2D eigenvalue weighted by molar-refractivity contribution is -0.132. The van der Waals surface area contributed by atoms with Gasteiger partial charge in [0.15, 0.2) is 0 Å². The first-order valence-corrected chi connectivity index (χ1v) is 7.26. The maximum absolute atomic E-state index is 11.5. The van der Waals surface area contributed by atoms with Crippen LogP contribution in [0.25, 0.3) is 0 Å². The quantitative estimate of drug-likeness (QED) is 0.459. The molecule has 0 aliphatic rings. The van der Waals surface area contributed by atoms with Crippen LogP contribution in [-0.4, -0.2) is 30.0 Å². The molecule has 0 aliphatic carbocycles. The van der Waals surface area contributed by atoms with Crippen LogP contribution in [-0.2, 0) is 4.79 Å². The van der Waals surface area contributed by atoms with Crippen molar-refractivity contribution >= 4 is 23.8 Å². The number of carbonyl (C=O) groups excluding carboxylic acids is 1. The molecule has 0 radical (unpaired) electrons. The topological polar surface area (TPSA) is 75.6 Å². The summed E-state index contributed by atoms with van der Waals surface area (Å²) in [5.74, 6) is -0.536. The summed E-state index contributed by atoms with van der Waals surface area (Å²) < 4.78 is 5.11. The number of hydrogen-bond acceptors (Lipinski definition) is 4. The van der Waals surface area contributed by atoms with Gasteiger partial charge < -0.3 is 15.2 Å². The largest absolute Gasteiger partial charge is 0.478 e.